The molecule has 0 aliphatic carbocycles. The first kappa shape index (κ1) is 13.2. The van der Waals surface area contributed by atoms with Crippen LogP contribution in [0.2, 0.25) is 0 Å². The number of aryl methyl sites for hydroxylation is 3. The molecule has 2 aromatic heterocycles. The zero-order valence-electron chi connectivity index (χ0n) is 12.3. The van der Waals surface area contributed by atoms with E-state index in [2.05, 4.69) is 22.1 Å². The summed E-state index contributed by atoms with van der Waals surface area (Å²) >= 11 is 0. The van der Waals surface area contributed by atoms with Crippen molar-refractivity contribution in [1.29, 1.82) is 5.26 Å². The molecule has 0 saturated heterocycles. The van der Waals surface area contributed by atoms with Crippen molar-refractivity contribution in [2.45, 2.75) is 13.8 Å². The Bertz CT molecular complexity index is 887. The van der Waals surface area contributed by atoms with Crippen molar-refractivity contribution in [1.82, 2.24) is 14.5 Å². The zero-order chi connectivity index (χ0) is 15.0. The molecular formula is C17H16N4. The highest BCUT2D eigenvalue weighted by molar-refractivity contribution is 5.90. The summed E-state index contributed by atoms with van der Waals surface area (Å²) in [6.07, 6.45) is 1.86. The van der Waals surface area contributed by atoms with Crippen molar-refractivity contribution < 1.29 is 0 Å². The van der Waals surface area contributed by atoms with Crippen LogP contribution in [0, 0.1) is 25.2 Å². The van der Waals surface area contributed by atoms with Crippen LogP contribution >= 0.6 is 0 Å². The van der Waals surface area contributed by atoms with Gasteiger partial charge in [-0.15, -0.1) is 0 Å². The van der Waals surface area contributed by atoms with Gasteiger partial charge in [0.2, 0.25) is 0 Å². The Hall–Kier alpha value is -2.80. The van der Waals surface area contributed by atoms with E-state index in [4.69, 9.17) is 0 Å². The standard InChI is InChI=1S/C17H16N4/c1-11-8-12(2)19-15(11)9-13(10-18)17-20-14-6-4-5-7-16(14)21(17)3/h4-9,19H,1-3H3/b13-9+. The van der Waals surface area contributed by atoms with Crippen molar-refractivity contribution >= 4 is 22.7 Å². The van der Waals surface area contributed by atoms with E-state index in [9.17, 15) is 5.26 Å². The molecule has 4 heteroatoms. The number of nitriles is 1. The average Bonchev–Trinajstić information content (AvgIpc) is 2.97. The predicted molar refractivity (Wildman–Crippen MR) is 84.5 cm³/mol. The normalized spacial score (nSPS) is 11.8. The first-order chi connectivity index (χ1) is 10.1. The fourth-order valence-corrected chi connectivity index (χ4v) is 2.58. The first-order valence-corrected chi connectivity index (χ1v) is 6.80. The highest BCUT2D eigenvalue weighted by atomic mass is 15.1. The van der Waals surface area contributed by atoms with Gasteiger partial charge in [0.1, 0.15) is 6.07 Å². The number of nitrogens with one attached hydrogen (secondary N) is 1. The van der Waals surface area contributed by atoms with Crippen LogP contribution in [0.1, 0.15) is 22.8 Å². The third kappa shape index (κ3) is 2.23. The summed E-state index contributed by atoms with van der Waals surface area (Å²) in [7, 11) is 1.93. The number of hydrogen-bond donors (Lipinski definition) is 1. The Labute approximate surface area is 123 Å². The lowest BCUT2D eigenvalue weighted by molar-refractivity contribution is 0.925. The predicted octanol–water partition coefficient (Wildman–Crippen LogP) is 3.58. The largest absolute Gasteiger partial charge is 0.359 e. The molecule has 0 spiro atoms. The van der Waals surface area contributed by atoms with E-state index >= 15 is 0 Å². The molecule has 21 heavy (non-hydrogen) atoms. The number of H-pyrrole nitrogens is 1. The number of allylic oxidation sites excluding steroid dienone is 1. The Balaban J connectivity index is 2.17. The smallest absolute Gasteiger partial charge is 0.151 e. The number of aromatic amines is 1. The molecule has 0 fully saturated rings. The van der Waals surface area contributed by atoms with Gasteiger partial charge in [-0.05, 0) is 43.7 Å². The van der Waals surface area contributed by atoms with Crippen LogP contribution in [0.25, 0.3) is 22.7 Å². The molecule has 0 bridgehead atoms. The number of fused-ring (bicyclic) bond motifs is 1. The first-order valence-electron chi connectivity index (χ1n) is 6.80. The van der Waals surface area contributed by atoms with Gasteiger partial charge in [0, 0.05) is 18.4 Å². The van der Waals surface area contributed by atoms with Crippen LogP contribution in [0.3, 0.4) is 0 Å². The number of nitrogens with zero attached hydrogens (tertiary/aromatic N) is 3. The maximum atomic E-state index is 9.50. The summed E-state index contributed by atoms with van der Waals surface area (Å²) in [5.74, 6) is 0.686. The molecule has 2 heterocycles. The summed E-state index contributed by atoms with van der Waals surface area (Å²) in [4.78, 5) is 7.84. The van der Waals surface area contributed by atoms with E-state index in [1.165, 1.54) is 0 Å². The second-order valence-electron chi connectivity index (χ2n) is 5.20. The van der Waals surface area contributed by atoms with E-state index in [0.717, 1.165) is 28.0 Å². The van der Waals surface area contributed by atoms with E-state index < -0.39 is 0 Å². The number of benzene rings is 1. The number of aromatic nitrogens is 3. The number of rotatable bonds is 2. The lowest BCUT2D eigenvalue weighted by atomic mass is 10.2. The van der Waals surface area contributed by atoms with E-state index in [0.29, 0.717) is 11.4 Å². The van der Waals surface area contributed by atoms with Crippen LogP contribution in [0.5, 0.6) is 0 Å². The molecule has 3 rings (SSSR count). The van der Waals surface area contributed by atoms with Crippen molar-refractivity contribution in [3.05, 3.63) is 53.1 Å². The monoisotopic (exact) mass is 276 g/mol. The Morgan fingerprint density at radius 3 is 2.71 bits per heavy atom. The summed E-state index contributed by atoms with van der Waals surface area (Å²) in [6, 6.07) is 12.2. The van der Waals surface area contributed by atoms with Crippen LogP contribution in [-0.4, -0.2) is 14.5 Å². The van der Waals surface area contributed by atoms with Gasteiger partial charge in [-0.3, -0.25) is 0 Å². The third-order valence-electron chi connectivity index (χ3n) is 3.63. The van der Waals surface area contributed by atoms with Gasteiger partial charge < -0.3 is 9.55 Å². The van der Waals surface area contributed by atoms with E-state index in [1.807, 2.05) is 55.8 Å². The molecule has 104 valence electrons. The number of imidazole rings is 1. The van der Waals surface area contributed by atoms with Crippen LogP contribution in [0.15, 0.2) is 30.3 Å². The summed E-state index contributed by atoms with van der Waals surface area (Å²) in [6.45, 7) is 4.03. The number of hydrogen-bond acceptors (Lipinski definition) is 2. The van der Waals surface area contributed by atoms with E-state index in [-0.39, 0.29) is 0 Å². The van der Waals surface area contributed by atoms with Crippen LogP contribution in [0.4, 0.5) is 0 Å². The molecule has 1 N–H and O–H groups in total. The Kier molecular flexibility index (Phi) is 3.11. The van der Waals surface area contributed by atoms with Gasteiger partial charge in [-0.25, -0.2) is 4.98 Å². The fourth-order valence-electron chi connectivity index (χ4n) is 2.58. The minimum absolute atomic E-state index is 0.554. The lowest BCUT2D eigenvalue weighted by Gasteiger charge is -2.01. The molecule has 0 aliphatic rings. The topological polar surface area (TPSA) is 57.4 Å². The zero-order valence-corrected chi connectivity index (χ0v) is 12.3. The molecule has 0 saturated carbocycles. The molecule has 0 atom stereocenters. The molecule has 3 aromatic rings. The SMILES string of the molecule is Cc1cc(C)c(/C=C(\C#N)c2nc3ccccc3n2C)[nH]1. The van der Waals surface area contributed by atoms with Gasteiger partial charge in [-0.1, -0.05) is 12.1 Å². The van der Waals surface area contributed by atoms with Crippen LogP contribution in [-0.2, 0) is 7.05 Å². The van der Waals surface area contributed by atoms with Gasteiger partial charge in [0.05, 0.1) is 16.6 Å². The van der Waals surface area contributed by atoms with Crippen molar-refractivity contribution in [2.24, 2.45) is 7.05 Å². The van der Waals surface area contributed by atoms with Gasteiger partial charge in [0.25, 0.3) is 0 Å². The molecule has 0 amide bonds. The summed E-state index contributed by atoms with van der Waals surface area (Å²) in [5, 5.41) is 9.50. The van der Waals surface area contributed by atoms with Gasteiger partial charge in [0.15, 0.2) is 5.82 Å². The summed E-state index contributed by atoms with van der Waals surface area (Å²) in [5.41, 5.74) is 5.64. The lowest BCUT2D eigenvalue weighted by Crippen LogP contribution is -1.96. The second-order valence-corrected chi connectivity index (χ2v) is 5.20. The quantitative estimate of drug-likeness (QED) is 0.727. The number of para-hydroxylation sites is 2. The Morgan fingerprint density at radius 2 is 2.10 bits per heavy atom. The van der Waals surface area contributed by atoms with Crippen molar-refractivity contribution in [3.63, 3.8) is 0 Å². The highest BCUT2D eigenvalue weighted by Gasteiger charge is 2.12. The summed E-state index contributed by atoms with van der Waals surface area (Å²) < 4.78 is 1.95. The molecule has 1 aromatic carbocycles. The molecular weight excluding hydrogens is 260 g/mol. The van der Waals surface area contributed by atoms with Crippen molar-refractivity contribution in [3.8, 4) is 6.07 Å². The van der Waals surface area contributed by atoms with E-state index in [1.54, 1.807) is 0 Å². The fraction of sp³-hybridized carbons (Fsp3) is 0.176. The highest BCUT2D eigenvalue weighted by Crippen LogP contribution is 2.22. The minimum Gasteiger partial charge on any atom is -0.359 e. The Morgan fingerprint density at radius 1 is 1.33 bits per heavy atom. The maximum absolute atomic E-state index is 9.50. The minimum atomic E-state index is 0.554. The third-order valence-corrected chi connectivity index (χ3v) is 3.63. The van der Waals surface area contributed by atoms with Gasteiger partial charge in [-0.2, -0.15) is 5.26 Å². The molecule has 0 aliphatic heterocycles. The maximum Gasteiger partial charge on any atom is 0.151 e. The second kappa shape index (κ2) is 4.95. The molecule has 0 unspecified atom stereocenters. The molecule has 0 radical (unpaired) electrons. The van der Waals surface area contributed by atoms with Crippen LogP contribution < -0.4 is 0 Å². The average molecular weight is 276 g/mol. The molecule has 4 nitrogen and oxygen atoms in total. The van der Waals surface area contributed by atoms with Gasteiger partial charge >= 0.3 is 0 Å². The van der Waals surface area contributed by atoms with Crippen molar-refractivity contribution in [2.75, 3.05) is 0 Å².